The largest absolute Gasteiger partial charge is 0.373 e. The molecule has 0 N–H and O–H groups in total. The third kappa shape index (κ3) is 2.73. The first kappa shape index (κ1) is 13.6. The molecule has 0 saturated carbocycles. The van der Waals surface area contributed by atoms with Gasteiger partial charge in [-0.1, -0.05) is 0 Å². The van der Waals surface area contributed by atoms with Crippen LogP contribution in [-0.4, -0.2) is 31.1 Å². The SMILES string of the molecule is CC(=O)c1ccc2c(c1)CCCN2CC1CCC(C)O1. The maximum atomic E-state index is 11.5. The normalized spacial score (nSPS) is 25.6. The monoisotopic (exact) mass is 273 g/mol. The van der Waals surface area contributed by atoms with E-state index in [0.29, 0.717) is 12.2 Å². The van der Waals surface area contributed by atoms with Crippen molar-refractivity contribution < 1.29 is 9.53 Å². The number of rotatable bonds is 3. The molecule has 0 spiro atoms. The van der Waals surface area contributed by atoms with Crippen molar-refractivity contribution in [1.29, 1.82) is 0 Å². The average Bonchev–Trinajstić information content (AvgIpc) is 2.84. The minimum absolute atomic E-state index is 0.151. The van der Waals surface area contributed by atoms with Crippen LogP contribution in [0.5, 0.6) is 0 Å². The third-order valence-corrected chi connectivity index (χ3v) is 4.44. The lowest BCUT2D eigenvalue weighted by molar-refractivity contribution is 0.0598. The number of benzene rings is 1. The maximum absolute atomic E-state index is 11.5. The fraction of sp³-hybridized carbons (Fsp3) is 0.588. The summed E-state index contributed by atoms with van der Waals surface area (Å²) in [4.78, 5) is 13.9. The zero-order valence-electron chi connectivity index (χ0n) is 12.4. The summed E-state index contributed by atoms with van der Waals surface area (Å²) in [5, 5.41) is 0. The number of carbonyl (C=O) groups is 1. The van der Waals surface area contributed by atoms with Gasteiger partial charge in [0.15, 0.2) is 5.78 Å². The van der Waals surface area contributed by atoms with Crippen molar-refractivity contribution in [1.82, 2.24) is 0 Å². The summed E-state index contributed by atoms with van der Waals surface area (Å²) in [6.45, 7) is 5.87. The summed E-state index contributed by atoms with van der Waals surface area (Å²) in [6, 6.07) is 6.14. The molecule has 1 fully saturated rings. The average molecular weight is 273 g/mol. The molecule has 1 saturated heterocycles. The summed E-state index contributed by atoms with van der Waals surface area (Å²) in [5.74, 6) is 0.151. The highest BCUT2D eigenvalue weighted by Gasteiger charge is 2.26. The van der Waals surface area contributed by atoms with E-state index in [2.05, 4.69) is 24.0 Å². The molecule has 2 atom stereocenters. The van der Waals surface area contributed by atoms with E-state index >= 15 is 0 Å². The smallest absolute Gasteiger partial charge is 0.159 e. The zero-order valence-corrected chi connectivity index (χ0v) is 12.4. The van der Waals surface area contributed by atoms with E-state index in [9.17, 15) is 4.79 Å². The van der Waals surface area contributed by atoms with Gasteiger partial charge in [0, 0.05) is 24.3 Å². The molecule has 0 aromatic heterocycles. The fourth-order valence-corrected chi connectivity index (χ4v) is 3.35. The van der Waals surface area contributed by atoms with Crippen LogP contribution < -0.4 is 4.90 Å². The van der Waals surface area contributed by atoms with Gasteiger partial charge in [-0.3, -0.25) is 4.79 Å². The Morgan fingerprint density at radius 3 is 2.95 bits per heavy atom. The van der Waals surface area contributed by atoms with Crippen molar-refractivity contribution in [3.63, 3.8) is 0 Å². The molecule has 1 aromatic carbocycles. The topological polar surface area (TPSA) is 29.5 Å². The number of nitrogens with zero attached hydrogens (tertiary/aromatic N) is 1. The minimum Gasteiger partial charge on any atom is -0.373 e. The van der Waals surface area contributed by atoms with Crippen LogP contribution >= 0.6 is 0 Å². The van der Waals surface area contributed by atoms with Gasteiger partial charge in [0.2, 0.25) is 0 Å². The molecule has 0 amide bonds. The van der Waals surface area contributed by atoms with Gasteiger partial charge < -0.3 is 9.64 Å². The molecule has 1 aromatic rings. The molecule has 20 heavy (non-hydrogen) atoms. The summed E-state index contributed by atoms with van der Waals surface area (Å²) >= 11 is 0. The number of aryl methyl sites for hydroxylation is 1. The Kier molecular flexibility index (Phi) is 3.79. The van der Waals surface area contributed by atoms with Crippen molar-refractivity contribution in [2.24, 2.45) is 0 Å². The molecule has 2 heterocycles. The molecular formula is C17H23NO2. The number of carbonyl (C=O) groups excluding carboxylic acids is 1. The van der Waals surface area contributed by atoms with Gasteiger partial charge >= 0.3 is 0 Å². The fourth-order valence-electron chi connectivity index (χ4n) is 3.35. The van der Waals surface area contributed by atoms with Crippen LogP contribution in [0, 0.1) is 0 Å². The summed E-state index contributed by atoms with van der Waals surface area (Å²) < 4.78 is 5.95. The molecule has 0 radical (unpaired) electrons. The lowest BCUT2D eigenvalue weighted by atomic mass is 9.97. The Morgan fingerprint density at radius 2 is 2.25 bits per heavy atom. The second kappa shape index (κ2) is 5.57. The van der Waals surface area contributed by atoms with Crippen LogP contribution in [0.1, 0.15) is 49.0 Å². The summed E-state index contributed by atoms with van der Waals surface area (Å²) in [5.41, 5.74) is 3.44. The van der Waals surface area contributed by atoms with Crippen molar-refractivity contribution in [3.8, 4) is 0 Å². The molecule has 3 nitrogen and oxygen atoms in total. The van der Waals surface area contributed by atoms with Crippen molar-refractivity contribution >= 4 is 11.5 Å². The standard InChI is InChI=1S/C17H23NO2/c1-12-5-7-16(20-12)11-18-9-3-4-15-10-14(13(2)19)6-8-17(15)18/h6,8,10,12,16H,3-5,7,9,11H2,1-2H3. The molecular weight excluding hydrogens is 250 g/mol. The minimum atomic E-state index is 0.151. The highest BCUT2D eigenvalue weighted by molar-refractivity contribution is 5.94. The first-order valence-electron chi connectivity index (χ1n) is 7.68. The molecule has 3 heteroatoms. The molecule has 0 bridgehead atoms. The Morgan fingerprint density at radius 1 is 1.40 bits per heavy atom. The van der Waals surface area contributed by atoms with Crippen LogP contribution in [0.4, 0.5) is 5.69 Å². The number of Topliss-reactive ketones (excluding diaryl/α,β-unsaturated/α-hetero) is 1. The quantitative estimate of drug-likeness (QED) is 0.792. The number of anilines is 1. The first-order valence-corrected chi connectivity index (χ1v) is 7.68. The molecule has 2 aliphatic rings. The molecule has 2 unspecified atom stereocenters. The van der Waals surface area contributed by atoms with E-state index in [4.69, 9.17) is 4.74 Å². The van der Waals surface area contributed by atoms with E-state index in [-0.39, 0.29) is 5.78 Å². The summed E-state index contributed by atoms with van der Waals surface area (Å²) in [6.07, 6.45) is 5.35. The first-order chi connectivity index (χ1) is 9.63. The Labute approximate surface area is 120 Å². The Balaban J connectivity index is 1.77. The zero-order chi connectivity index (χ0) is 14.1. The molecule has 2 aliphatic heterocycles. The van der Waals surface area contributed by atoms with Gasteiger partial charge in [-0.2, -0.15) is 0 Å². The van der Waals surface area contributed by atoms with Crippen LogP contribution in [0.25, 0.3) is 0 Å². The predicted octanol–water partition coefficient (Wildman–Crippen LogP) is 3.21. The van der Waals surface area contributed by atoms with Crippen LogP contribution in [0.3, 0.4) is 0 Å². The van der Waals surface area contributed by atoms with Gasteiger partial charge in [0.25, 0.3) is 0 Å². The van der Waals surface area contributed by atoms with Crippen molar-refractivity contribution in [2.45, 2.75) is 51.7 Å². The second-order valence-electron chi connectivity index (χ2n) is 6.10. The van der Waals surface area contributed by atoms with Gasteiger partial charge in [0.05, 0.1) is 12.2 Å². The number of ketones is 1. The third-order valence-electron chi connectivity index (χ3n) is 4.44. The van der Waals surface area contributed by atoms with Gasteiger partial charge in [-0.05, 0) is 63.3 Å². The molecule has 3 rings (SSSR count). The highest BCUT2D eigenvalue weighted by atomic mass is 16.5. The second-order valence-corrected chi connectivity index (χ2v) is 6.10. The number of ether oxygens (including phenoxy) is 1. The van der Waals surface area contributed by atoms with Crippen LogP contribution in [0.2, 0.25) is 0 Å². The number of hydrogen-bond acceptors (Lipinski definition) is 3. The Hall–Kier alpha value is -1.35. The van der Waals surface area contributed by atoms with Crippen LogP contribution in [-0.2, 0) is 11.2 Å². The van der Waals surface area contributed by atoms with E-state index in [1.165, 1.54) is 24.1 Å². The predicted molar refractivity (Wildman–Crippen MR) is 80.5 cm³/mol. The van der Waals surface area contributed by atoms with Crippen molar-refractivity contribution in [2.75, 3.05) is 18.0 Å². The summed E-state index contributed by atoms with van der Waals surface area (Å²) in [7, 11) is 0. The number of hydrogen-bond donors (Lipinski definition) is 0. The molecule has 108 valence electrons. The van der Waals surface area contributed by atoms with Crippen LogP contribution in [0.15, 0.2) is 18.2 Å². The lowest BCUT2D eigenvalue weighted by Crippen LogP contribution is -2.36. The molecule has 0 aliphatic carbocycles. The Bertz CT molecular complexity index is 512. The lowest BCUT2D eigenvalue weighted by Gasteiger charge is -2.33. The van der Waals surface area contributed by atoms with E-state index in [0.717, 1.165) is 31.5 Å². The van der Waals surface area contributed by atoms with Gasteiger partial charge in [0.1, 0.15) is 0 Å². The van der Waals surface area contributed by atoms with Crippen molar-refractivity contribution in [3.05, 3.63) is 29.3 Å². The van der Waals surface area contributed by atoms with E-state index < -0.39 is 0 Å². The van der Waals surface area contributed by atoms with Gasteiger partial charge in [-0.15, -0.1) is 0 Å². The number of fused-ring (bicyclic) bond motifs is 1. The highest BCUT2D eigenvalue weighted by Crippen LogP contribution is 2.30. The van der Waals surface area contributed by atoms with E-state index in [1.807, 2.05) is 6.07 Å². The maximum Gasteiger partial charge on any atom is 0.159 e. The van der Waals surface area contributed by atoms with E-state index in [1.54, 1.807) is 6.92 Å². The van der Waals surface area contributed by atoms with Gasteiger partial charge in [-0.25, -0.2) is 0 Å².